The van der Waals surface area contributed by atoms with Gasteiger partial charge in [0, 0.05) is 37.9 Å². The van der Waals surface area contributed by atoms with E-state index in [-0.39, 0.29) is 12.0 Å². The Morgan fingerprint density at radius 2 is 2.00 bits per heavy atom. The number of hydrogen-bond acceptors (Lipinski definition) is 3. The molecular formula is C19H23N3O2. The minimum Gasteiger partial charge on any atom is -0.480 e. The molecule has 1 atom stereocenters. The number of nitrogens with zero attached hydrogens (tertiary/aromatic N) is 3. The van der Waals surface area contributed by atoms with Crippen LogP contribution in [0.1, 0.15) is 36.4 Å². The van der Waals surface area contributed by atoms with E-state index in [1.54, 1.807) is 0 Å². The molecule has 1 aromatic heterocycles. The summed E-state index contributed by atoms with van der Waals surface area (Å²) in [5.41, 5.74) is 2.47. The number of rotatable bonds is 2. The van der Waals surface area contributed by atoms with E-state index in [9.17, 15) is 4.79 Å². The topological polar surface area (TPSA) is 47.4 Å². The van der Waals surface area contributed by atoms with Crippen molar-refractivity contribution in [1.29, 1.82) is 0 Å². The van der Waals surface area contributed by atoms with Crippen LogP contribution in [0.2, 0.25) is 0 Å². The van der Waals surface area contributed by atoms with Crippen LogP contribution in [0.15, 0.2) is 36.8 Å². The summed E-state index contributed by atoms with van der Waals surface area (Å²) < 4.78 is 8.05. The van der Waals surface area contributed by atoms with Crippen LogP contribution in [0.5, 0.6) is 5.75 Å². The summed E-state index contributed by atoms with van der Waals surface area (Å²) in [6, 6.07) is 8.03. The van der Waals surface area contributed by atoms with Crippen LogP contribution in [0.4, 0.5) is 0 Å². The molecule has 2 aliphatic rings. The van der Waals surface area contributed by atoms with Gasteiger partial charge < -0.3 is 14.2 Å². The zero-order valence-electron chi connectivity index (χ0n) is 14.0. The average molecular weight is 325 g/mol. The van der Waals surface area contributed by atoms with Crippen LogP contribution in [-0.4, -0.2) is 39.6 Å². The number of hydrogen-bond donors (Lipinski definition) is 0. The van der Waals surface area contributed by atoms with Crippen LogP contribution in [0.3, 0.4) is 0 Å². The molecule has 1 fully saturated rings. The Balaban J connectivity index is 1.38. The van der Waals surface area contributed by atoms with Gasteiger partial charge in [0.05, 0.1) is 6.33 Å². The molecule has 0 bridgehead atoms. The molecule has 0 radical (unpaired) electrons. The number of para-hydroxylation sites is 1. The number of likely N-dealkylation sites (tertiary alicyclic amines) is 1. The number of aromatic nitrogens is 2. The number of amides is 1. The molecule has 5 nitrogen and oxygen atoms in total. The summed E-state index contributed by atoms with van der Waals surface area (Å²) in [6.07, 6.45) is 7.15. The zero-order chi connectivity index (χ0) is 16.5. The molecule has 3 heterocycles. The molecular weight excluding hydrogens is 302 g/mol. The van der Waals surface area contributed by atoms with E-state index in [2.05, 4.69) is 15.6 Å². The van der Waals surface area contributed by atoms with Crippen molar-refractivity contribution in [2.45, 2.75) is 37.7 Å². The van der Waals surface area contributed by atoms with Crippen molar-refractivity contribution in [3.05, 3.63) is 48.0 Å². The number of imidazole rings is 1. The van der Waals surface area contributed by atoms with E-state index in [4.69, 9.17) is 4.74 Å². The molecule has 4 rings (SSSR count). The van der Waals surface area contributed by atoms with Crippen molar-refractivity contribution in [1.82, 2.24) is 14.5 Å². The van der Waals surface area contributed by atoms with Crippen LogP contribution < -0.4 is 4.74 Å². The van der Waals surface area contributed by atoms with Crippen LogP contribution >= 0.6 is 0 Å². The first-order chi connectivity index (χ1) is 11.7. The maximum absolute atomic E-state index is 12.8. The van der Waals surface area contributed by atoms with Gasteiger partial charge in [0.25, 0.3) is 5.91 Å². The molecule has 0 aliphatic carbocycles. The lowest BCUT2D eigenvalue weighted by Gasteiger charge is -2.35. The van der Waals surface area contributed by atoms with E-state index in [1.165, 1.54) is 11.3 Å². The van der Waals surface area contributed by atoms with Crippen molar-refractivity contribution in [3.8, 4) is 5.75 Å². The lowest BCUT2D eigenvalue weighted by atomic mass is 9.93. The summed E-state index contributed by atoms with van der Waals surface area (Å²) in [5.74, 6) is 1.51. The van der Waals surface area contributed by atoms with Gasteiger partial charge >= 0.3 is 0 Å². The van der Waals surface area contributed by atoms with Crippen LogP contribution in [-0.2, 0) is 18.3 Å². The van der Waals surface area contributed by atoms with E-state index in [0.717, 1.165) is 44.5 Å². The molecule has 2 aromatic rings. The minimum absolute atomic E-state index is 0.146. The van der Waals surface area contributed by atoms with E-state index in [0.29, 0.717) is 5.92 Å². The molecule has 0 spiro atoms. The second kappa shape index (κ2) is 6.30. The maximum atomic E-state index is 12.8. The first-order valence-electron chi connectivity index (χ1n) is 8.72. The van der Waals surface area contributed by atoms with Crippen molar-refractivity contribution in [2.75, 3.05) is 13.1 Å². The third-order valence-electron chi connectivity index (χ3n) is 5.27. The van der Waals surface area contributed by atoms with Crippen molar-refractivity contribution < 1.29 is 9.53 Å². The summed E-state index contributed by atoms with van der Waals surface area (Å²) in [6.45, 7) is 1.60. The predicted molar refractivity (Wildman–Crippen MR) is 90.9 cm³/mol. The number of benzene rings is 1. The van der Waals surface area contributed by atoms with Crippen LogP contribution in [0.25, 0.3) is 0 Å². The molecule has 1 unspecified atom stereocenters. The lowest BCUT2D eigenvalue weighted by molar-refractivity contribution is -0.140. The van der Waals surface area contributed by atoms with Crippen molar-refractivity contribution in [2.24, 2.45) is 7.05 Å². The first-order valence-corrected chi connectivity index (χ1v) is 8.72. The Morgan fingerprint density at radius 3 is 2.75 bits per heavy atom. The monoisotopic (exact) mass is 325 g/mol. The molecule has 1 aromatic carbocycles. The maximum Gasteiger partial charge on any atom is 0.263 e. The standard InChI is InChI=1S/C19H23N3O2/c1-21-13-20-12-16(21)14-8-10-22(11-9-14)19(23)18-7-6-15-4-2-3-5-17(15)24-18/h2-5,12-14,18H,6-11H2,1H3. The third-order valence-corrected chi connectivity index (χ3v) is 5.27. The third kappa shape index (κ3) is 2.79. The molecule has 126 valence electrons. The zero-order valence-corrected chi connectivity index (χ0v) is 14.0. The Bertz CT molecular complexity index is 732. The molecule has 1 saturated heterocycles. The van der Waals surface area contributed by atoms with Gasteiger partial charge in [-0.15, -0.1) is 0 Å². The highest BCUT2D eigenvalue weighted by atomic mass is 16.5. The van der Waals surface area contributed by atoms with Gasteiger partial charge in [0.2, 0.25) is 0 Å². The number of piperidine rings is 1. The van der Waals surface area contributed by atoms with Gasteiger partial charge in [-0.05, 0) is 37.3 Å². The number of fused-ring (bicyclic) bond motifs is 1. The summed E-state index contributed by atoms with van der Waals surface area (Å²) >= 11 is 0. The van der Waals surface area contributed by atoms with Crippen molar-refractivity contribution >= 4 is 5.91 Å². The largest absolute Gasteiger partial charge is 0.480 e. The predicted octanol–water partition coefficient (Wildman–Crippen LogP) is 2.52. The fourth-order valence-corrected chi connectivity index (χ4v) is 3.86. The Morgan fingerprint density at radius 1 is 1.21 bits per heavy atom. The second-order valence-electron chi connectivity index (χ2n) is 6.78. The van der Waals surface area contributed by atoms with E-state index >= 15 is 0 Å². The Labute approximate surface area is 142 Å². The number of aryl methyl sites for hydroxylation is 2. The summed E-state index contributed by atoms with van der Waals surface area (Å²) in [4.78, 5) is 19.0. The fraction of sp³-hybridized carbons (Fsp3) is 0.474. The van der Waals surface area contributed by atoms with Gasteiger partial charge in [0.1, 0.15) is 5.75 Å². The second-order valence-corrected chi connectivity index (χ2v) is 6.78. The summed E-state index contributed by atoms with van der Waals surface area (Å²) in [7, 11) is 2.03. The number of carbonyl (C=O) groups is 1. The highest BCUT2D eigenvalue weighted by molar-refractivity contribution is 5.81. The molecule has 1 amide bonds. The molecule has 24 heavy (non-hydrogen) atoms. The average Bonchev–Trinajstić information content (AvgIpc) is 3.07. The van der Waals surface area contributed by atoms with Crippen molar-refractivity contribution in [3.63, 3.8) is 0 Å². The highest BCUT2D eigenvalue weighted by Crippen LogP contribution is 2.30. The van der Waals surface area contributed by atoms with Gasteiger partial charge in [0.15, 0.2) is 6.10 Å². The Kier molecular flexibility index (Phi) is 4.00. The fourth-order valence-electron chi connectivity index (χ4n) is 3.86. The molecule has 5 heteroatoms. The number of carbonyl (C=O) groups excluding carboxylic acids is 1. The highest BCUT2D eigenvalue weighted by Gasteiger charge is 2.32. The van der Waals surface area contributed by atoms with Gasteiger partial charge in [-0.1, -0.05) is 18.2 Å². The Hall–Kier alpha value is -2.30. The molecule has 0 N–H and O–H groups in total. The van der Waals surface area contributed by atoms with Gasteiger partial charge in [-0.2, -0.15) is 0 Å². The van der Waals surface area contributed by atoms with E-state index in [1.807, 2.05) is 42.7 Å². The summed E-state index contributed by atoms with van der Waals surface area (Å²) in [5, 5.41) is 0. The quantitative estimate of drug-likeness (QED) is 0.852. The van der Waals surface area contributed by atoms with Gasteiger partial charge in [-0.3, -0.25) is 4.79 Å². The normalized spacial score (nSPS) is 21.2. The SMILES string of the molecule is Cn1cncc1C1CCN(C(=O)C2CCc3ccccc3O2)CC1. The molecule has 0 saturated carbocycles. The van der Waals surface area contributed by atoms with Crippen LogP contribution in [0, 0.1) is 0 Å². The number of ether oxygens (including phenoxy) is 1. The smallest absolute Gasteiger partial charge is 0.263 e. The van der Waals surface area contributed by atoms with Gasteiger partial charge in [-0.25, -0.2) is 4.98 Å². The first kappa shape index (κ1) is 15.2. The minimum atomic E-state index is -0.326. The molecule has 2 aliphatic heterocycles. The van der Waals surface area contributed by atoms with E-state index < -0.39 is 0 Å². The lowest BCUT2D eigenvalue weighted by Crippen LogP contribution is -2.46.